The van der Waals surface area contributed by atoms with Crippen molar-refractivity contribution < 1.29 is 14.3 Å². The number of ether oxygens (including phenoxy) is 1. The lowest BCUT2D eigenvalue weighted by molar-refractivity contribution is -0.147. The quantitative estimate of drug-likeness (QED) is 0.567. The molecule has 0 bridgehead atoms. The molecule has 1 aliphatic heterocycles. The van der Waals surface area contributed by atoms with Gasteiger partial charge in [0, 0.05) is 14.7 Å². The summed E-state index contributed by atoms with van der Waals surface area (Å²) in [5, 5.41) is 1.98. The molecule has 3 aromatic rings. The van der Waals surface area contributed by atoms with E-state index in [0.717, 1.165) is 26.0 Å². The van der Waals surface area contributed by atoms with Crippen LogP contribution in [0.15, 0.2) is 75.8 Å². The first kappa shape index (κ1) is 17.8. The van der Waals surface area contributed by atoms with Crippen LogP contribution in [0.1, 0.15) is 11.3 Å². The lowest BCUT2D eigenvalue weighted by Gasteiger charge is -2.30. The average molecular weight is 396 g/mol. The lowest BCUT2D eigenvalue weighted by Crippen LogP contribution is -2.32. The average Bonchev–Trinajstić information content (AvgIpc) is 3.22. The van der Waals surface area contributed by atoms with E-state index < -0.39 is 0 Å². The van der Waals surface area contributed by atoms with Gasteiger partial charge in [0.15, 0.2) is 6.61 Å². The van der Waals surface area contributed by atoms with E-state index in [4.69, 9.17) is 4.74 Å². The molecule has 1 aliphatic rings. The van der Waals surface area contributed by atoms with Gasteiger partial charge in [-0.05, 0) is 42.1 Å². The first-order valence-corrected chi connectivity index (χ1v) is 10.3. The second kappa shape index (κ2) is 7.98. The van der Waals surface area contributed by atoms with Crippen molar-refractivity contribution >= 4 is 46.3 Å². The molecule has 136 valence electrons. The molecule has 1 amide bonds. The molecular formula is C21H17NO3S2. The van der Waals surface area contributed by atoms with E-state index in [9.17, 15) is 9.59 Å². The van der Waals surface area contributed by atoms with Gasteiger partial charge in [-0.15, -0.1) is 11.3 Å². The Hall–Kier alpha value is -2.57. The smallest absolute Gasteiger partial charge is 0.306 e. The number of thiophene rings is 1. The monoisotopic (exact) mass is 395 g/mol. The predicted molar refractivity (Wildman–Crippen MR) is 108 cm³/mol. The molecule has 4 rings (SSSR count). The van der Waals surface area contributed by atoms with Gasteiger partial charge in [-0.3, -0.25) is 14.5 Å². The number of rotatable bonds is 5. The molecule has 0 unspecified atom stereocenters. The van der Waals surface area contributed by atoms with Gasteiger partial charge in [-0.2, -0.15) is 0 Å². The van der Waals surface area contributed by atoms with Gasteiger partial charge in [0.05, 0.1) is 17.8 Å². The molecule has 0 N–H and O–H groups in total. The summed E-state index contributed by atoms with van der Waals surface area (Å²) in [6, 6.07) is 19.5. The summed E-state index contributed by atoms with van der Waals surface area (Å²) < 4.78 is 5.25. The zero-order valence-electron chi connectivity index (χ0n) is 14.5. The van der Waals surface area contributed by atoms with Crippen LogP contribution in [0.25, 0.3) is 0 Å². The van der Waals surface area contributed by atoms with E-state index in [-0.39, 0.29) is 24.9 Å². The van der Waals surface area contributed by atoms with Crippen LogP contribution in [0, 0.1) is 0 Å². The fourth-order valence-electron chi connectivity index (χ4n) is 2.93. The summed E-state index contributed by atoms with van der Waals surface area (Å²) in [6.07, 6.45) is 0.910. The Labute approximate surface area is 165 Å². The molecule has 0 saturated carbocycles. The van der Waals surface area contributed by atoms with Crippen molar-refractivity contribution in [1.82, 2.24) is 0 Å². The Balaban J connectivity index is 1.46. The van der Waals surface area contributed by atoms with Crippen molar-refractivity contribution in [1.29, 1.82) is 0 Å². The van der Waals surface area contributed by atoms with E-state index in [1.54, 1.807) is 28.0 Å². The third-order valence-corrected chi connectivity index (χ3v) is 6.26. The van der Waals surface area contributed by atoms with Crippen molar-refractivity contribution in [3.05, 3.63) is 70.9 Å². The van der Waals surface area contributed by atoms with Crippen molar-refractivity contribution in [2.24, 2.45) is 0 Å². The summed E-state index contributed by atoms with van der Waals surface area (Å²) in [4.78, 5) is 29.7. The third-order valence-electron chi connectivity index (χ3n) is 4.19. The Morgan fingerprint density at radius 3 is 2.19 bits per heavy atom. The summed E-state index contributed by atoms with van der Waals surface area (Å²) >= 11 is 3.25. The second-order valence-corrected chi connectivity index (χ2v) is 8.12. The molecule has 27 heavy (non-hydrogen) atoms. The van der Waals surface area contributed by atoms with Gasteiger partial charge in [-0.25, -0.2) is 0 Å². The standard InChI is InChI=1S/C21H17NO3S2/c23-20(14-25-21(24)12-11-15-6-5-13-26-15)22-16-7-1-3-9-18(16)27-19-10-4-2-8-17(19)22/h1-10,13H,11-12,14H2. The summed E-state index contributed by atoms with van der Waals surface area (Å²) in [5.74, 6) is -0.607. The minimum atomic E-state index is -0.357. The number of para-hydroxylation sites is 2. The van der Waals surface area contributed by atoms with Crippen LogP contribution in [0.3, 0.4) is 0 Å². The van der Waals surface area contributed by atoms with Gasteiger partial charge in [0.1, 0.15) is 0 Å². The number of fused-ring (bicyclic) bond motifs is 2. The SMILES string of the molecule is O=C(CCc1cccs1)OCC(=O)N1c2ccccc2Sc2ccccc21. The van der Waals surface area contributed by atoms with Crippen LogP contribution in [0.4, 0.5) is 11.4 Å². The van der Waals surface area contributed by atoms with E-state index in [2.05, 4.69) is 0 Å². The van der Waals surface area contributed by atoms with Crippen LogP contribution < -0.4 is 4.90 Å². The highest BCUT2D eigenvalue weighted by atomic mass is 32.2. The predicted octanol–water partition coefficient (Wildman–Crippen LogP) is 5.05. The number of amides is 1. The Morgan fingerprint density at radius 2 is 1.56 bits per heavy atom. The maximum Gasteiger partial charge on any atom is 0.306 e. The third kappa shape index (κ3) is 3.91. The normalized spacial score (nSPS) is 12.2. The molecule has 0 spiro atoms. The second-order valence-electron chi connectivity index (χ2n) is 6.01. The fraction of sp³-hybridized carbons (Fsp3) is 0.143. The van der Waals surface area contributed by atoms with Crippen LogP contribution >= 0.6 is 23.1 Å². The minimum absolute atomic E-state index is 0.250. The zero-order valence-corrected chi connectivity index (χ0v) is 16.1. The highest BCUT2D eigenvalue weighted by molar-refractivity contribution is 7.99. The van der Waals surface area contributed by atoms with Crippen LogP contribution in [0.2, 0.25) is 0 Å². The largest absolute Gasteiger partial charge is 0.456 e. The molecular weight excluding hydrogens is 378 g/mol. The number of aryl methyl sites for hydroxylation is 1. The molecule has 0 saturated heterocycles. The molecule has 4 nitrogen and oxygen atoms in total. The Bertz CT molecular complexity index is 924. The van der Waals surface area contributed by atoms with Gasteiger partial charge in [0.2, 0.25) is 0 Å². The Kier molecular flexibility index (Phi) is 5.27. The van der Waals surface area contributed by atoms with Crippen LogP contribution in [-0.2, 0) is 20.7 Å². The number of carbonyl (C=O) groups is 2. The highest BCUT2D eigenvalue weighted by Gasteiger charge is 2.28. The lowest BCUT2D eigenvalue weighted by atomic mass is 10.2. The number of nitrogens with zero attached hydrogens (tertiary/aromatic N) is 1. The molecule has 2 aromatic carbocycles. The number of carbonyl (C=O) groups excluding carboxylic acids is 2. The van der Waals surface area contributed by atoms with E-state index in [1.165, 1.54) is 0 Å². The molecule has 0 atom stereocenters. The van der Waals surface area contributed by atoms with Crippen molar-refractivity contribution in [3.63, 3.8) is 0 Å². The van der Waals surface area contributed by atoms with Gasteiger partial charge >= 0.3 is 5.97 Å². The molecule has 2 heterocycles. The number of anilines is 2. The molecule has 0 fully saturated rings. The van der Waals surface area contributed by atoms with Gasteiger partial charge in [0.25, 0.3) is 5.91 Å². The highest BCUT2D eigenvalue weighted by Crippen LogP contribution is 2.47. The Morgan fingerprint density at radius 1 is 0.889 bits per heavy atom. The van der Waals surface area contributed by atoms with Crippen molar-refractivity contribution in [3.8, 4) is 0 Å². The molecule has 0 aliphatic carbocycles. The molecule has 0 radical (unpaired) electrons. The first-order chi connectivity index (χ1) is 13.2. The van der Waals surface area contributed by atoms with Crippen LogP contribution in [-0.4, -0.2) is 18.5 Å². The maximum absolute atomic E-state index is 12.9. The zero-order chi connectivity index (χ0) is 18.6. The number of hydrogen-bond acceptors (Lipinski definition) is 5. The summed E-state index contributed by atoms with van der Waals surface area (Å²) in [6.45, 7) is -0.267. The fourth-order valence-corrected chi connectivity index (χ4v) is 4.70. The number of esters is 1. The van der Waals surface area contributed by atoms with E-state index in [0.29, 0.717) is 6.42 Å². The number of benzene rings is 2. The van der Waals surface area contributed by atoms with E-state index in [1.807, 2.05) is 66.0 Å². The summed E-state index contributed by atoms with van der Waals surface area (Å²) in [5.41, 5.74) is 1.64. The van der Waals surface area contributed by atoms with Gasteiger partial charge in [-0.1, -0.05) is 42.1 Å². The van der Waals surface area contributed by atoms with Crippen molar-refractivity contribution in [2.75, 3.05) is 11.5 Å². The maximum atomic E-state index is 12.9. The van der Waals surface area contributed by atoms with E-state index >= 15 is 0 Å². The molecule has 6 heteroatoms. The number of hydrogen-bond donors (Lipinski definition) is 0. The van der Waals surface area contributed by atoms with Crippen molar-refractivity contribution in [2.45, 2.75) is 22.6 Å². The topological polar surface area (TPSA) is 46.6 Å². The summed E-state index contributed by atoms with van der Waals surface area (Å²) in [7, 11) is 0. The van der Waals surface area contributed by atoms with Gasteiger partial charge < -0.3 is 4.74 Å². The minimum Gasteiger partial charge on any atom is -0.456 e. The van der Waals surface area contributed by atoms with Crippen LogP contribution in [0.5, 0.6) is 0 Å². The molecule has 1 aromatic heterocycles. The first-order valence-electron chi connectivity index (χ1n) is 8.59.